The predicted molar refractivity (Wildman–Crippen MR) is 84.3 cm³/mol. The molecule has 0 N–H and O–H groups in total. The molecule has 0 atom stereocenters. The number of rotatable bonds is 1. The number of halogens is 1. The Morgan fingerprint density at radius 1 is 1.30 bits per heavy atom. The SMILES string of the molecule is Cc1cc(Cl)c(C)nc1N=c1sc(=S)n2n1CCCC2. The Labute approximate surface area is 131 Å². The van der Waals surface area contributed by atoms with Gasteiger partial charge in [0.2, 0.25) is 4.80 Å². The molecular weight excluding hydrogens is 312 g/mol. The zero-order chi connectivity index (χ0) is 14.3. The number of hydrogen-bond donors (Lipinski definition) is 0. The third-order valence-electron chi connectivity index (χ3n) is 3.41. The van der Waals surface area contributed by atoms with Crippen LogP contribution in [0.25, 0.3) is 0 Å². The Morgan fingerprint density at radius 2 is 2.00 bits per heavy atom. The fraction of sp³-hybridized carbons (Fsp3) is 0.462. The zero-order valence-corrected chi connectivity index (χ0v) is 13.8. The number of aryl methyl sites for hydroxylation is 2. The zero-order valence-electron chi connectivity index (χ0n) is 11.4. The molecule has 0 aromatic carbocycles. The lowest BCUT2D eigenvalue weighted by Gasteiger charge is -2.16. The van der Waals surface area contributed by atoms with Gasteiger partial charge in [-0.2, -0.15) is 4.99 Å². The highest BCUT2D eigenvalue weighted by molar-refractivity contribution is 7.73. The van der Waals surface area contributed by atoms with E-state index in [9.17, 15) is 0 Å². The van der Waals surface area contributed by atoms with Gasteiger partial charge in [-0.1, -0.05) is 22.9 Å². The Bertz CT molecular complexity index is 785. The van der Waals surface area contributed by atoms with Crippen molar-refractivity contribution in [1.82, 2.24) is 14.3 Å². The van der Waals surface area contributed by atoms with Crippen molar-refractivity contribution < 1.29 is 0 Å². The second-order valence-corrected chi connectivity index (χ2v) is 6.92. The minimum Gasteiger partial charge on any atom is -0.264 e. The van der Waals surface area contributed by atoms with E-state index in [1.165, 1.54) is 12.8 Å². The van der Waals surface area contributed by atoms with Gasteiger partial charge in [-0.3, -0.25) is 9.36 Å². The van der Waals surface area contributed by atoms with Crippen LogP contribution in [0.1, 0.15) is 24.1 Å². The van der Waals surface area contributed by atoms with E-state index >= 15 is 0 Å². The molecule has 0 bridgehead atoms. The quantitative estimate of drug-likeness (QED) is 0.748. The van der Waals surface area contributed by atoms with Gasteiger partial charge in [-0.15, -0.1) is 0 Å². The van der Waals surface area contributed by atoms with Crippen LogP contribution >= 0.6 is 35.2 Å². The van der Waals surface area contributed by atoms with Crippen molar-refractivity contribution in [2.45, 2.75) is 39.8 Å². The van der Waals surface area contributed by atoms with Gasteiger partial charge in [-0.25, -0.2) is 4.98 Å². The molecule has 1 aliphatic heterocycles. The van der Waals surface area contributed by atoms with Crippen LogP contribution in [0.2, 0.25) is 5.02 Å². The first-order valence-corrected chi connectivity index (χ1v) is 8.16. The molecule has 0 aliphatic carbocycles. The molecule has 2 aromatic heterocycles. The van der Waals surface area contributed by atoms with Crippen LogP contribution in [-0.2, 0) is 13.1 Å². The van der Waals surface area contributed by atoms with Crippen molar-refractivity contribution in [2.24, 2.45) is 4.99 Å². The monoisotopic (exact) mass is 326 g/mol. The summed E-state index contributed by atoms with van der Waals surface area (Å²) in [6, 6.07) is 1.91. The minimum absolute atomic E-state index is 0.681. The normalized spacial score (nSPS) is 15.4. The van der Waals surface area contributed by atoms with Crippen LogP contribution in [0.5, 0.6) is 0 Å². The van der Waals surface area contributed by atoms with Crippen LogP contribution in [0.15, 0.2) is 11.1 Å². The van der Waals surface area contributed by atoms with Gasteiger partial charge in [0.05, 0.1) is 10.7 Å². The highest BCUT2D eigenvalue weighted by Crippen LogP contribution is 2.22. The van der Waals surface area contributed by atoms with E-state index in [-0.39, 0.29) is 0 Å². The Kier molecular flexibility index (Phi) is 3.79. The Morgan fingerprint density at radius 3 is 2.75 bits per heavy atom. The van der Waals surface area contributed by atoms with E-state index in [0.717, 1.165) is 38.9 Å². The van der Waals surface area contributed by atoms with Crippen LogP contribution in [0.3, 0.4) is 0 Å². The summed E-state index contributed by atoms with van der Waals surface area (Å²) in [5.74, 6) is 0.727. The molecule has 0 radical (unpaired) electrons. The van der Waals surface area contributed by atoms with Gasteiger partial charge in [0.25, 0.3) is 0 Å². The minimum atomic E-state index is 0.681. The van der Waals surface area contributed by atoms with E-state index in [1.807, 2.05) is 19.9 Å². The van der Waals surface area contributed by atoms with Crippen molar-refractivity contribution in [3.63, 3.8) is 0 Å². The molecule has 1 aliphatic rings. The maximum Gasteiger partial charge on any atom is 0.209 e. The second kappa shape index (κ2) is 5.42. The fourth-order valence-electron chi connectivity index (χ4n) is 2.28. The maximum atomic E-state index is 6.08. The van der Waals surface area contributed by atoms with Crippen molar-refractivity contribution >= 4 is 41.0 Å². The first-order valence-electron chi connectivity index (χ1n) is 6.55. The molecule has 2 aromatic rings. The summed E-state index contributed by atoms with van der Waals surface area (Å²) < 4.78 is 5.19. The van der Waals surface area contributed by atoms with Crippen molar-refractivity contribution in [3.8, 4) is 0 Å². The van der Waals surface area contributed by atoms with E-state index < -0.39 is 0 Å². The van der Waals surface area contributed by atoms with Crippen LogP contribution in [0, 0.1) is 17.8 Å². The van der Waals surface area contributed by atoms with Crippen LogP contribution in [-0.4, -0.2) is 14.3 Å². The van der Waals surface area contributed by atoms with Crippen molar-refractivity contribution in [1.29, 1.82) is 0 Å². The van der Waals surface area contributed by atoms with Crippen LogP contribution in [0.4, 0.5) is 5.82 Å². The van der Waals surface area contributed by atoms with Gasteiger partial charge in [0, 0.05) is 13.1 Å². The predicted octanol–water partition coefficient (Wildman–Crippen LogP) is 3.77. The molecule has 7 heteroatoms. The summed E-state index contributed by atoms with van der Waals surface area (Å²) in [5, 5.41) is 0.681. The Hall–Kier alpha value is -0.980. The Balaban J connectivity index is 2.19. The molecule has 4 nitrogen and oxygen atoms in total. The average molecular weight is 327 g/mol. The molecular formula is C13H15ClN4S2. The first kappa shape index (κ1) is 14.0. The largest absolute Gasteiger partial charge is 0.264 e. The van der Waals surface area contributed by atoms with Gasteiger partial charge in [-0.05, 0) is 50.5 Å². The number of nitrogens with zero attached hydrogens (tertiary/aromatic N) is 4. The molecule has 3 rings (SSSR count). The summed E-state index contributed by atoms with van der Waals surface area (Å²) in [5.41, 5.74) is 1.78. The fourth-order valence-corrected chi connectivity index (χ4v) is 3.78. The number of hydrogen-bond acceptors (Lipinski definition) is 4. The van der Waals surface area contributed by atoms with Crippen LogP contribution < -0.4 is 4.80 Å². The first-order chi connectivity index (χ1) is 9.56. The summed E-state index contributed by atoms with van der Waals surface area (Å²) in [4.78, 5) is 10.1. The topological polar surface area (TPSA) is 35.1 Å². The molecule has 0 spiro atoms. The van der Waals surface area contributed by atoms with Crippen molar-refractivity contribution in [2.75, 3.05) is 0 Å². The molecule has 0 unspecified atom stereocenters. The molecule has 3 heterocycles. The third-order valence-corrected chi connectivity index (χ3v) is 5.12. The highest BCUT2D eigenvalue weighted by Gasteiger charge is 2.12. The molecule has 0 amide bonds. The third kappa shape index (κ3) is 2.47. The second-order valence-electron chi connectivity index (χ2n) is 4.91. The summed E-state index contributed by atoms with van der Waals surface area (Å²) in [7, 11) is 0. The molecule has 20 heavy (non-hydrogen) atoms. The van der Waals surface area contributed by atoms with E-state index in [0.29, 0.717) is 5.02 Å². The number of aromatic nitrogens is 3. The van der Waals surface area contributed by atoms with Crippen molar-refractivity contribution in [3.05, 3.63) is 31.1 Å². The summed E-state index contributed by atoms with van der Waals surface area (Å²) in [6.45, 7) is 5.82. The van der Waals surface area contributed by atoms with E-state index in [2.05, 4.69) is 14.3 Å². The smallest absolute Gasteiger partial charge is 0.209 e. The van der Waals surface area contributed by atoms with Gasteiger partial charge < -0.3 is 0 Å². The summed E-state index contributed by atoms with van der Waals surface area (Å²) >= 11 is 13.0. The summed E-state index contributed by atoms with van der Waals surface area (Å²) in [6.07, 6.45) is 2.35. The van der Waals surface area contributed by atoms with Gasteiger partial charge in [0.15, 0.2) is 9.77 Å². The highest BCUT2D eigenvalue weighted by atomic mass is 35.5. The maximum absolute atomic E-state index is 6.08. The number of fused-ring (bicyclic) bond motifs is 1. The molecule has 0 saturated heterocycles. The van der Waals surface area contributed by atoms with E-state index in [4.69, 9.17) is 28.8 Å². The standard InChI is InChI=1S/C13H15ClN4S2/c1-8-7-10(14)9(2)15-11(8)16-12-17-5-3-4-6-18(17)13(19)20-12/h7H,3-6H2,1-2H3. The average Bonchev–Trinajstić information content (AvgIpc) is 2.74. The lowest BCUT2D eigenvalue weighted by molar-refractivity contribution is 0.350. The molecule has 0 saturated carbocycles. The lowest BCUT2D eigenvalue weighted by Crippen LogP contribution is -2.27. The van der Waals surface area contributed by atoms with E-state index in [1.54, 1.807) is 11.3 Å². The molecule has 0 fully saturated rings. The van der Waals surface area contributed by atoms with Gasteiger partial charge in [0.1, 0.15) is 0 Å². The molecule has 106 valence electrons. The lowest BCUT2D eigenvalue weighted by atomic mass is 10.2. The number of pyridine rings is 1. The van der Waals surface area contributed by atoms with Gasteiger partial charge >= 0.3 is 0 Å².